The third kappa shape index (κ3) is 4.42. The number of sulfonamides is 1. The number of fused-ring (bicyclic) bond motifs is 4. The number of nitrogens with two attached hydrogens (primary N) is 1. The van der Waals surface area contributed by atoms with E-state index in [0.717, 1.165) is 59.1 Å². The molecule has 0 unspecified atom stereocenters. The molecule has 2 N–H and O–H groups in total. The third-order valence-corrected chi connectivity index (χ3v) is 8.78. The molecule has 1 aliphatic carbocycles. The van der Waals surface area contributed by atoms with Crippen LogP contribution in [0.1, 0.15) is 24.8 Å². The van der Waals surface area contributed by atoms with Crippen LogP contribution in [0.4, 0.5) is 5.69 Å². The topological polar surface area (TPSA) is 119 Å². The molecule has 40 heavy (non-hydrogen) atoms. The Morgan fingerprint density at radius 1 is 1.02 bits per heavy atom. The van der Waals surface area contributed by atoms with E-state index >= 15 is 0 Å². The molecule has 6 rings (SSSR count). The van der Waals surface area contributed by atoms with E-state index in [1.54, 1.807) is 35.5 Å². The predicted octanol–water partition coefficient (Wildman–Crippen LogP) is 3.95. The minimum absolute atomic E-state index is 0.00449. The Morgan fingerprint density at radius 3 is 2.52 bits per heavy atom. The molecule has 0 radical (unpaired) electrons. The summed E-state index contributed by atoms with van der Waals surface area (Å²) in [5.74, 6) is 0.465. The number of carbonyl (C=O) groups is 1. The van der Waals surface area contributed by atoms with Gasteiger partial charge in [0.25, 0.3) is 0 Å². The van der Waals surface area contributed by atoms with Crippen LogP contribution in [0.3, 0.4) is 0 Å². The van der Waals surface area contributed by atoms with Gasteiger partial charge in [-0.1, -0.05) is 24.3 Å². The average Bonchev–Trinajstić information content (AvgIpc) is 3.71. The minimum Gasteiger partial charge on any atom is -0.477 e. The summed E-state index contributed by atoms with van der Waals surface area (Å²) >= 11 is 0. The number of pyridine rings is 2. The van der Waals surface area contributed by atoms with Crippen LogP contribution >= 0.6 is 0 Å². The number of hydrogen-bond donors (Lipinski definition) is 1. The fraction of sp³-hybridized carbons (Fsp3) is 0.300. The van der Waals surface area contributed by atoms with Gasteiger partial charge in [-0.05, 0) is 63.2 Å². The highest BCUT2D eigenvalue weighted by atomic mass is 32.2. The molecule has 206 valence electrons. The first-order valence-corrected chi connectivity index (χ1v) is 14.8. The Bertz CT molecular complexity index is 1770. The van der Waals surface area contributed by atoms with Crippen molar-refractivity contribution >= 4 is 32.5 Å². The summed E-state index contributed by atoms with van der Waals surface area (Å²) in [6, 6.07) is 14.5. The van der Waals surface area contributed by atoms with E-state index in [1.165, 1.54) is 6.07 Å². The van der Waals surface area contributed by atoms with Crippen LogP contribution in [0.2, 0.25) is 0 Å². The second-order valence-electron chi connectivity index (χ2n) is 10.8. The van der Waals surface area contributed by atoms with Crippen molar-refractivity contribution in [3.05, 3.63) is 66.5 Å². The second kappa shape index (κ2) is 9.65. The van der Waals surface area contributed by atoms with Gasteiger partial charge in [-0.3, -0.25) is 9.78 Å². The summed E-state index contributed by atoms with van der Waals surface area (Å²) in [6.45, 7) is 1.27. The van der Waals surface area contributed by atoms with Crippen LogP contribution < -0.4 is 14.8 Å². The lowest BCUT2D eigenvalue weighted by Gasteiger charge is -2.16. The van der Waals surface area contributed by atoms with Gasteiger partial charge < -0.3 is 14.5 Å². The summed E-state index contributed by atoms with van der Waals surface area (Å²) in [5, 5.41) is 6.53. The van der Waals surface area contributed by atoms with Crippen LogP contribution in [0, 0.1) is 0 Å². The number of primary sulfonamides is 1. The third-order valence-electron chi connectivity index (χ3n) is 7.81. The first-order valence-electron chi connectivity index (χ1n) is 13.2. The molecule has 9 nitrogen and oxygen atoms in total. The summed E-state index contributed by atoms with van der Waals surface area (Å²) in [7, 11) is 1.80. The van der Waals surface area contributed by atoms with Crippen LogP contribution in [0.15, 0.2) is 65.8 Å². The number of hydrogen-bond acceptors (Lipinski definition) is 7. The Morgan fingerprint density at radius 2 is 1.80 bits per heavy atom. The SMILES string of the molecule is CN(C)CCCOc1ncc(-c2ccc3ncc4c(c3c2)C2(CC2)C(=O)N4C)cc1-c1ccccc1S(N)(=O)=O. The number of ether oxygens (including phenoxy) is 1. The van der Waals surface area contributed by atoms with Gasteiger partial charge in [0.1, 0.15) is 0 Å². The molecule has 4 aromatic rings. The van der Waals surface area contributed by atoms with E-state index in [9.17, 15) is 13.2 Å². The standard InChI is InChI=1S/C30H31N5O4S/c1-34(2)13-6-14-39-28-22(21-7-4-5-8-26(21)40(31,37)38)16-20(17-33-28)19-9-10-24-23(15-19)27-25(18-32-24)35(3)29(36)30(27)11-12-30/h4-5,7-10,15-18H,6,11-14H2,1-3H3,(H2,31,37,38). The maximum atomic E-state index is 13.1. The normalized spacial score (nSPS) is 15.7. The number of amides is 1. The Balaban J connectivity index is 1.48. The number of likely N-dealkylation sites (N-methyl/N-ethyl adjacent to an activating group) is 1. The molecule has 1 aliphatic heterocycles. The molecule has 0 bridgehead atoms. The zero-order valence-corrected chi connectivity index (χ0v) is 23.5. The quantitative estimate of drug-likeness (QED) is 0.326. The molecule has 2 aromatic heterocycles. The van der Waals surface area contributed by atoms with Crippen molar-refractivity contribution in [3.8, 4) is 28.1 Å². The molecule has 0 atom stereocenters. The van der Waals surface area contributed by atoms with E-state index in [-0.39, 0.29) is 10.8 Å². The van der Waals surface area contributed by atoms with E-state index in [0.29, 0.717) is 23.6 Å². The van der Waals surface area contributed by atoms with E-state index < -0.39 is 15.4 Å². The Kier molecular flexibility index (Phi) is 6.36. The zero-order valence-electron chi connectivity index (χ0n) is 22.7. The molecule has 1 saturated carbocycles. The van der Waals surface area contributed by atoms with E-state index in [1.807, 2.05) is 39.3 Å². The molecular weight excluding hydrogens is 526 g/mol. The number of carbonyl (C=O) groups excluding carboxylic acids is 1. The van der Waals surface area contributed by atoms with Crippen molar-refractivity contribution in [2.45, 2.75) is 29.6 Å². The lowest BCUT2D eigenvalue weighted by Crippen LogP contribution is -2.28. The smallest absolute Gasteiger partial charge is 0.238 e. The van der Waals surface area contributed by atoms with Crippen molar-refractivity contribution in [1.29, 1.82) is 0 Å². The molecule has 1 fully saturated rings. The maximum Gasteiger partial charge on any atom is 0.238 e. The largest absolute Gasteiger partial charge is 0.477 e. The fourth-order valence-corrected chi connectivity index (χ4v) is 6.40. The van der Waals surface area contributed by atoms with Gasteiger partial charge in [0.2, 0.25) is 21.8 Å². The highest BCUT2D eigenvalue weighted by molar-refractivity contribution is 7.89. The Hall–Kier alpha value is -3.86. The van der Waals surface area contributed by atoms with E-state index in [4.69, 9.17) is 9.88 Å². The molecular formula is C30H31N5O4S. The lowest BCUT2D eigenvalue weighted by molar-refractivity contribution is -0.119. The molecule has 0 saturated heterocycles. The molecule has 2 aromatic carbocycles. The number of anilines is 1. The monoisotopic (exact) mass is 557 g/mol. The summed E-state index contributed by atoms with van der Waals surface area (Å²) in [5.41, 5.74) is 4.89. The average molecular weight is 558 g/mol. The van der Waals surface area contributed by atoms with Crippen molar-refractivity contribution < 1.29 is 17.9 Å². The van der Waals surface area contributed by atoms with Gasteiger partial charge in [0.05, 0.1) is 34.3 Å². The summed E-state index contributed by atoms with van der Waals surface area (Å²) < 4.78 is 31.0. The number of benzene rings is 2. The lowest BCUT2D eigenvalue weighted by atomic mass is 9.92. The van der Waals surface area contributed by atoms with Gasteiger partial charge in [0.15, 0.2) is 0 Å². The Labute approximate surface area is 233 Å². The molecule has 3 heterocycles. The van der Waals surface area contributed by atoms with Crippen molar-refractivity contribution in [3.63, 3.8) is 0 Å². The van der Waals surface area contributed by atoms with Crippen LogP contribution in [-0.4, -0.2) is 63.5 Å². The number of nitrogens with zero attached hydrogens (tertiary/aromatic N) is 4. The van der Waals surface area contributed by atoms with E-state index in [2.05, 4.69) is 20.9 Å². The van der Waals surface area contributed by atoms with Gasteiger partial charge in [-0.15, -0.1) is 0 Å². The van der Waals surface area contributed by atoms with Crippen LogP contribution in [0.5, 0.6) is 5.88 Å². The van der Waals surface area contributed by atoms with Crippen LogP contribution in [-0.2, 0) is 20.2 Å². The first kappa shape index (κ1) is 26.4. The zero-order chi connectivity index (χ0) is 28.2. The van der Waals surface area contributed by atoms with Crippen LogP contribution in [0.25, 0.3) is 33.2 Å². The predicted molar refractivity (Wildman–Crippen MR) is 155 cm³/mol. The number of rotatable bonds is 8. The van der Waals surface area contributed by atoms with Crippen molar-refractivity contribution in [2.75, 3.05) is 39.2 Å². The van der Waals surface area contributed by atoms with Crippen molar-refractivity contribution in [1.82, 2.24) is 14.9 Å². The highest BCUT2D eigenvalue weighted by Gasteiger charge is 2.59. The molecule has 10 heteroatoms. The summed E-state index contributed by atoms with van der Waals surface area (Å²) in [6.07, 6.45) is 5.97. The fourth-order valence-electron chi connectivity index (χ4n) is 5.65. The second-order valence-corrected chi connectivity index (χ2v) is 12.3. The number of aromatic nitrogens is 2. The van der Waals surface area contributed by atoms with Gasteiger partial charge in [-0.2, -0.15) is 0 Å². The van der Waals surface area contributed by atoms with Gasteiger partial charge in [-0.25, -0.2) is 18.5 Å². The van der Waals surface area contributed by atoms with Gasteiger partial charge in [0, 0.05) is 47.4 Å². The van der Waals surface area contributed by atoms with Gasteiger partial charge >= 0.3 is 0 Å². The highest BCUT2D eigenvalue weighted by Crippen LogP contribution is 2.58. The van der Waals surface area contributed by atoms with Crippen molar-refractivity contribution in [2.24, 2.45) is 5.14 Å². The summed E-state index contributed by atoms with van der Waals surface area (Å²) in [4.78, 5) is 26.1. The minimum atomic E-state index is -4.00. The maximum absolute atomic E-state index is 13.1. The molecule has 1 amide bonds. The molecule has 1 spiro atoms. The first-order chi connectivity index (χ1) is 19.1. The molecule has 2 aliphatic rings.